The average molecular weight is 764 g/mol. The predicted octanol–water partition coefficient (Wildman–Crippen LogP) is 0.0896. The number of hydrogen-bond acceptors (Lipinski definition) is 17. The van der Waals surface area contributed by atoms with E-state index < -0.39 is 78.6 Å². The number of rotatable bonds is 18. The first-order valence-electron chi connectivity index (χ1n) is 14.3. The molecule has 9 N–H and O–H groups in total. The van der Waals surface area contributed by atoms with Crippen LogP contribution in [0.3, 0.4) is 0 Å². The summed E-state index contributed by atoms with van der Waals surface area (Å²) in [4.78, 5) is 68.4. The van der Waals surface area contributed by atoms with E-state index in [0.717, 1.165) is 17.2 Å². The molecule has 7 atom stereocenters. The van der Waals surface area contributed by atoms with Gasteiger partial charge >= 0.3 is 23.5 Å². The molecule has 3 heterocycles. The Morgan fingerprint density at radius 2 is 1.80 bits per heavy atom. The lowest BCUT2D eigenvalue weighted by atomic mass is 9.87. The lowest BCUT2D eigenvalue weighted by Crippen LogP contribution is -2.46. The molecule has 0 aromatic carbocycles. The highest BCUT2D eigenvalue weighted by Crippen LogP contribution is 2.61. The van der Waals surface area contributed by atoms with Crippen molar-refractivity contribution in [2.24, 2.45) is 10.6 Å². The monoisotopic (exact) mass is 763 g/mol. The number of hydrogen-bond donors (Lipinski definition) is 8. The molecule has 7 unspecified atom stereocenters. The van der Waals surface area contributed by atoms with Gasteiger partial charge in [0.15, 0.2) is 17.7 Å². The lowest BCUT2D eigenvalue weighted by Gasteiger charge is -2.30. The van der Waals surface area contributed by atoms with Crippen molar-refractivity contribution >= 4 is 52.1 Å². The van der Waals surface area contributed by atoms with Gasteiger partial charge in [-0.3, -0.25) is 22.9 Å². The largest absolute Gasteiger partial charge is 0.481 e. The van der Waals surface area contributed by atoms with E-state index in [1.165, 1.54) is 13.8 Å². The third-order valence-corrected chi connectivity index (χ3v) is 9.73. The molecule has 1 amide bonds. The van der Waals surface area contributed by atoms with Crippen LogP contribution in [0, 0.1) is 5.41 Å². The Hall–Kier alpha value is -2.46. The molecular weight excluding hydrogens is 723 g/mol. The molecule has 3 rings (SSSR count). The van der Waals surface area contributed by atoms with Crippen molar-refractivity contribution in [1.82, 2.24) is 24.8 Å². The molecular formula is C23H40N7O16P3. The molecule has 23 nitrogen and oxygen atoms in total. The van der Waals surface area contributed by atoms with E-state index in [-0.39, 0.29) is 29.6 Å². The molecule has 0 aliphatic carbocycles. The molecule has 2 aromatic rings. The average Bonchev–Trinajstić information content (AvgIpc) is 3.54. The molecule has 0 bridgehead atoms. The maximum absolute atomic E-state index is 12.6. The zero-order valence-electron chi connectivity index (χ0n) is 26.9. The first kappa shape index (κ1) is 41.0. The number of imidazole rings is 1. The maximum Gasteiger partial charge on any atom is 0.481 e. The molecule has 0 radical (unpaired) electrons. The first-order valence-corrected chi connectivity index (χ1v) is 18.9. The number of oxime groups is 1. The van der Waals surface area contributed by atoms with Crippen molar-refractivity contribution in [1.29, 1.82) is 0 Å². The minimum Gasteiger partial charge on any atom is -0.393 e. The van der Waals surface area contributed by atoms with Gasteiger partial charge < -0.3 is 50.4 Å². The van der Waals surface area contributed by atoms with E-state index in [9.17, 15) is 48.3 Å². The fourth-order valence-electron chi connectivity index (χ4n) is 4.16. The van der Waals surface area contributed by atoms with Crippen molar-refractivity contribution in [2.75, 3.05) is 25.5 Å². The molecule has 0 saturated carbocycles. The van der Waals surface area contributed by atoms with Crippen LogP contribution in [-0.4, -0.2) is 111 Å². The van der Waals surface area contributed by atoms with Gasteiger partial charge in [-0.2, -0.15) is 4.31 Å². The highest BCUT2D eigenvalue weighted by atomic mass is 31.3. The number of aliphatic hydroxyl groups excluding tert-OH is 2. The summed E-state index contributed by atoms with van der Waals surface area (Å²) in [6, 6.07) is 0. The molecule has 1 aliphatic heterocycles. The summed E-state index contributed by atoms with van der Waals surface area (Å²) >= 11 is 0. The number of carbonyl (C=O) groups excluding carboxylic acids is 1. The van der Waals surface area contributed by atoms with E-state index in [1.54, 1.807) is 20.8 Å². The van der Waals surface area contributed by atoms with Crippen LogP contribution in [0.1, 0.15) is 47.3 Å². The van der Waals surface area contributed by atoms with Gasteiger partial charge in [0, 0.05) is 18.4 Å². The second-order valence-electron chi connectivity index (χ2n) is 11.7. The smallest absolute Gasteiger partial charge is 0.393 e. The van der Waals surface area contributed by atoms with Crippen LogP contribution in [0.25, 0.3) is 11.2 Å². The van der Waals surface area contributed by atoms with E-state index in [0.29, 0.717) is 12.1 Å². The Balaban J connectivity index is 1.60. The highest BCUT2D eigenvalue weighted by Gasteiger charge is 2.50. The minimum atomic E-state index is -5.52. The van der Waals surface area contributed by atoms with Crippen molar-refractivity contribution in [3.8, 4) is 0 Å². The quantitative estimate of drug-likeness (QED) is 0.0566. The molecule has 278 valence electrons. The second-order valence-corrected chi connectivity index (χ2v) is 15.9. The number of nitrogens with two attached hydrogens (primary N) is 1. The maximum atomic E-state index is 12.6. The van der Waals surface area contributed by atoms with Gasteiger partial charge in [0.2, 0.25) is 5.91 Å². The van der Waals surface area contributed by atoms with Gasteiger partial charge in [0.1, 0.15) is 42.4 Å². The summed E-state index contributed by atoms with van der Waals surface area (Å²) in [6.45, 7) is 6.03. The predicted molar refractivity (Wildman–Crippen MR) is 166 cm³/mol. The number of fused-ring (bicyclic) bond motifs is 1. The molecule has 2 aromatic heterocycles. The van der Waals surface area contributed by atoms with Crippen LogP contribution in [0.15, 0.2) is 17.8 Å². The summed E-state index contributed by atoms with van der Waals surface area (Å²) in [5.74, 6) is -0.876. The standard InChI is InChI=1S/C23H40N7O16P3/c1-12(2)44-29-13(3)6-7-25-21(33)18(32)23(4,5)9-42-49(39,40)46-48(37,38)41-8-14-17(45-47(34,35)36)16(31)22(43-14)30-11-28-15-19(24)26-10-27-20(15)30/h10-12,14,16-18,22,31-32H,6-9H2,1-5H3,(H,25,33)(H,37,38)(H,39,40)(H2,24,26,27)(H2,34,35,36)/b29-13+. The number of carbonyl (C=O) groups is 1. The van der Waals surface area contributed by atoms with E-state index in [1.807, 2.05) is 0 Å². The van der Waals surface area contributed by atoms with Gasteiger partial charge in [-0.15, -0.1) is 0 Å². The van der Waals surface area contributed by atoms with Crippen molar-refractivity contribution < 1.29 is 75.7 Å². The Bertz CT molecular complexity index is 1630. The molecule has 1 saturated heterocycles. The summed E-state index contributed by atoms with van der Waals surface area (Å²) in [5.41, 5.74) is 4.95. The van der Waals surface area contributed by atoms with Crippen molar-refractivity contribution in [3.05, 3.63) is 12.7 Å². The Morgan fingerprint density at radius 3 is 2.43 bits per heavy atom. The van der Waals surface area contributed by atoms with Gasteiger partial charge in [-0.1, -0.05) is 19.0 Å². The Labute approximate surface area is 279 Å². The SMILES string of the molecule is C/C(CCNC(=O)C(O)C(C)(C)COP(=O)(O)OP(=O)(O)OCC1OC(n2cnc3c(N)ncnc32)C(O)C1OP(=O)(O)O)=N\OC(C)C. The van der Waals surface area contributed by atoms with Crippen molar-refractivity contribution in [3.63, 3.8) is 0 Å². The first-order chi connectivity index (χ1) is 22.5. The van der Waals surface area contributed by atoms with Crippen LogP contribution in [0.5, 0.6) is 0 Å². The lowest BCUT2D eigenvalue weighted by molar-refractivity contribution is -0.136. The van der Waals surface area contributed by atoms with E-state index in [4.69, 9.17) is 24.4 Å². The van der Waals surface area contributed by atoms with Crippen LogP contribution in [0.2, 0.25) is 0 Å². The Kier molecular flexibility index (Phi) is 13.6. The number of ether oxygens (including phenoxy) is 1. The molecule has 49 heavy (non-hydrogen) atoms. The number of anilines is 1. The number of aromatic nitrogens is 4. The zero-order chi connectivity index (χ0) is 36.9. The minimum absolute atomic E-state index is 0.0290. The Morgan fingerprint density at radius 1 is 1.14 bits per heavy atom. The van der Waals surface area contributed by atoms with Crippen LogP contribution < -0.4 is 11.1 Å². The molecule has 1 aliphatic rings. The number of nitrogens with zero attached hydrogens (tertiary/aromatic N) is 5. The molecule has 0 spiro atoms. The number of nitrogen functional groups attached to an aromatic ring is 1. The fourth-order valence-corrected chi connectivity index (χ4v) is 6.99. The van der Waals surface area contributed by atoms with Gasteiger partial charge in [-0.25, -0.2) is 28.6 Å². The number of nitrogens with one attached hydrogen (secondary N) is 1. The van der Waals surface area contributed by atoms with Crippen LogP contribution in [-0.2, 0) is 45.9 Å². The van der Waals surface area contributed by atoms with Gasteiger partial charge in [-0.05, 0) is 20.8 Å². The topological polar surface area (TPSA) is 339 Å². The number of aliphatic hydroxyl groups is 2. The van der Waals surface area contributed by atoms with Crippen LogP contribution in [0.4, 0.5) is 5.82 Å². The second kappa shape index (κ2) is 16.3. The van der Waals surface area contributed by atoms with Gasteiger partial charge in [0.25, 0.3) is 0 Å². The number of phosphoric ester groups is 3. The summed E-state index contributed by atoms with van der Waals surface area (Å²) in [7, 11) is -16.2. The normalized spacial score (nSPS) is 23.7. The third kappa shape index (κ3) is 11.8. The highest BCUT2D eigenvalue weighted by molar-refractivity contribution is 7.61. The summed E-state index contributed by atoms with van der Waals surface area (Å²) in [6.07, 6.45) is -6.35. The zero-order valence-corrected chi connectivity index (χ0v) is 29.6. The summed E-state index contributed by atoms with van der Waals surface area (Å²) < 4.78 is 61.9. The van der Waals surface area contributed by atoms with E-state index >= 15 is 0 Å². The fraction of sp³-hybridized carbons (Fsp3) is 0.696. The summed E-state index contributed by atoms with van der Waals surface area (Å²) in [5, 5.41) is 27.7. The van der Waals surface area contributed by atoms with Crippen molar-refractivity contribution in [2.45, 2.75) is 77.8 Å². The third-order valence-electron chi connectivity index (χ3n) is 6.63. The number of amides is 1. The molecule has 26 heteroatoms. The van der Waals surface area contributed by atoms with Crippen LogP contribution >= 0.6 is 23.5 Å². The van der Waals surface area contributed by atoms with E-state index in [2.05, 4.69) is 34.3 Å². The molecule has 1 fully saturated rings. The number of phosphoric acid groups is 3. The van der Waals surface area contributed by atoms with Gasteiger partial charge in [0.05, 0.1) is 25.3 Å².